The molecule has 1 aliphatic heterocycles. The van der Waals surface area contributed by atoms with E-state index in [1.807, 2.05) is 0 Å². The minimum atomic E-state index is -0.632. The fourth-order valence-electron chi connectivity index (χ4n) is 2.64. The second-order valence-corrected chi connectivity index (χ2v) is 5.13. The monoisotopic (exact) mass is 284 g/mol. The third-order valence-corrected chi connectivity index (χ3v) is 3.73. The van der Waals surface area contributed by atoms with Gasteiger partial charge in [0.25, 0.3) is 0 Å². The zero-order chi connectivity index (χ0) is 14.8. The maximum atomic E-state index is 12.1. The molecule has 21 heavy (non-hydrogen) atoms. The number of rotatable bonds is 1. The van der Waals surface area contributed by atoms with Crippen molar-refractivity contribution in [2.75, 3.05) is 18.4 Å². The Labute approximate surface area is 122 Å². The number of phenols is 1. The smallest absolute Gasteiger partial charge is 0.313 e. The molecular formula is C16H16N2O3. The van der Waals surface area contributed by atoms with Crippen LogP contribution < -0.4 is 5.32 Å². The number of hydrogen-bond donors (Lipinski definition) is 2. The summed E-state index contributed by atoms with van der Waals surface area (Å²) in [7, 11) is 0. The zero-order valence-corrected chi connectivity index (χ0v) is 11.5. The van der Waals surface area contributed by atoms with Crippen molar-refractivity contribution < 1.29 is 14.7 Å². The summed E-state index contributed by atoms with van der Waals surface area (Å²) in [4.78, 5) is 25.6. The highest BCUT2D eigenvalue weighted by Crippen LogP contribution is 2.29. The molecule has 0 atom stereocenters. The Morgan fingerprint density at radius 1 is 1.00 bits per heavy atom. The molecule has 2 N–H and O–H groups in total. The molecule has 3 rings (SSSR count). The summed E-state index contributed by atoms with van der Waals surface area (Å²) in [6, 6.07) is 10.3. The first-order valence-corrected chi connectivity index (χ1v) is 6.98. The first-order chi connectivity index (χ1) is 10.2. The van der Waals surface area contributed by atoms with E-state index in [2.05, 4.69) is 5.32 Å². The van der Waals surface area contributed by atoms with Gasteiger partial charge in [-0.05, 0) is 25.0 Å². The van der Waals surface area contributed by atoms with Gasteiger partial charge < -0.3 is 15.3 Å². The van der Waals surface area contributed by atoms with Crippen LogP contribution in [0.15, 0.2) is 36.4 Å². The maximum Gasteiger partial charge on any atom is 0.313 e. The molecule has 0 unspecified atom stereocenters. The Hall–Kier alpha value is -2.56. The van der Waals surface area contributed by atoms with Crippen molar-refractivity contribution in [1.82, 2.24) is 4.90 Å². The Balaban J connectivity index is 1.86. The van der Waals surface area contributed by atoms with Crippen LogP contribution in [0.5, 0.6) is 5.75 Å². The Kier molecular flexibility index (Phi) is 3.48. The Morgan fingerprint density at radius 3 is 2.43 bits per heavy atom. The minimum absolute atomic E-state index is 0.148. The number of phenolic OH excluding ortho intramolecular Hbond substituents is 1. The summed E-state index contributed by atoms with van der Waals surface area (Å²) < 4.78 is 0. The van der Waals surface area contributed by atoms with Crippen LogP contribution in [0.1, 0.15) is 12.8 Å². The molecular weight excluding hydrogens is 268 g/mol. The first-order valence-electron chi connectivity index (χ1n) is 6.98. The lowest BCUT2D eigenvalue weighted by atomic mass is 10.1. The molecule has 108 valence electrons. The molecule has 0 spiro atoms. The van der Waals surface area contributed by atoms with Crippen LogP contribution in [0.3, 0.4) is 0 Å². The molecule has 0 saturated carbocycles. The lowest BCUT2D eigenvalue weighted by molar-refractivity contribution is -0.142. The quantitative estimate of drug-likeness (QED) is 0.788. The van der Waals surface area contributed by atoms with Gasteiger partial charge in [-0.25, -0.2) is 0 Å². The number of amides is 2. The first kappa shape index (κ1) is 13.4. The maximum absolute atomic E-state index is 12.1. The van der Waals surface area contributed by atoms with Crippen LogP contribution >= 0.6 is 0 Å². The van der Waals surface area contributed by atoms with Crippen molar-refractivity contribution in [2.24, 2.45) is 0 Å². The summed E-state index contributed by atoms with van der Waals surface area (Å²) >= 11 is 0. The molecule has 5 heteroatoms. The van der Waals surface area contributed by atoms with Gasteiger partial charge in [0.05, 0.1) is 0 Å². The number of likely N-dealkylation sites (tertiary alicyclic amines) is 1. The highest BCUT2D eigenvalue weighted by Gasteiger charge is 2.24. The van der Waals surface area contributed by atoms with Crippen molar-refractivity contribution in [3.05, 3.63) is 36.4 Å². The van der Waals surface area contributed by atoms with Crippen LogP contribution in [0, 0.1) is 0 Å². The summed E-state index contributed by atoms with van der Waals surface area (Å²) in [5.74, 6) is -0.980. The molecule has 1 aliphatic rings. The van der Waals surface area contributed by atoms with Gasteiger partial charge in [0.1, 0.15) is 5.75 Å². The molecule has 0 aliphatic carbocycles. The molecule has 2 aromatic rings. The summed E-state index contributed by atoms with van der Waals surface area (Å²) in [6.07, 6.45) is 1.89. The number of nitrogens with zero attached hydrogens (tertiary/aromatic N) is 1. The fraction of sp³-hybridized carbons (Fsp3) is 0.250. The number of fused-ring (bicyclic) bond motifs is 1. The van der Waals surface area contributed by atoms with Crippen LogP contribution in [-0.4, -0.2) is 34.9 Å². The van der Waals surface area contributed by atoms with E-state index in [1.54, 1.807) is 41.3 Å². The van der Waals surface area contributed by atoms with Crippen LogP contribution in [-0.2, 0) is 9.59 Å². The second-order valence-electron chi connectivity index (χ2n) is 5.13. The number of benzene rings is 2. The Bertz CT molecular complexity index is 706. The predicted molar refractivity (Wildman–Crippen MR) is 80.1 cm³/mol. The molecule has 1 fully saturated rings. The molecule has 0 bridgehead atoms. The SMILES string of the molecule is O=C(Nc1cccc2c(O)cccc12)C(=O)N1CCCC1. The highest BCUT2D eigenvalue weighted by atomic mass is 16.3. The van der Waals surface area contributed by atoms with E-state index in [0.717, 1.165) is 12.8 Å². The number of nitrogens with one attached hydrogen (secondary N) is 1. The third-order valence-electron chi connectivity index (χ3n) is 3.73. The number of aromatic hydroxyl groups is 1. The van der Waals surface area contributed by atoms with Gasteiger partial charge in [0.2, 0.25) is 0 Å². The van der Waals surface area contributed by atoms with Crippen molar-refractivity contribution >= 4 is 28.3 Å². The highest BCUT2D eigenvalue weighted by molar-refractivity contribution is 6.40. The van der Waals surface area contributed by atoms with Crippen LogP contribution in [0.2, 0.25) is 0 Å². The molecule has 0 aromatic heterocycles. The number of carbonyl (C=O) groups excluding carboxylic acids is 2. The predicted octanol–water partition coefficient (Wildman–Crippen LogP) is 2.11. The topological polar surface area (TPSA) is 69.6 Å². The molecule has 1 saturated heterocycles. The largest absolute Gasteiger partial charge is 0.507 e. The van der Waals surface area contributed by atoms with Crippen LogP contribution in [0.4, 0.5) is 5.69 Å². The van der Waals surface area contributed by atoms with Crippen LogP contribution in [0.25, 0.3) is 10.8 Å². The zero-order valence-electron chi connectivity index (χ0n) is 11.5. The van der Waals surface area contributed by atoms with E-state index in [-0.39, 0.29) is 5.75 Å². The number of carbonyl (C=O) groups is 2. The van der Waals surface area contributed by atoms with E-state index in [1.165, 1.54) is 0 Å². The van der Waals surface area contributed by atoms with E-state index in [9.17, 15) is 14.7 Å². The van der Waals surface area contributed by atoms with E-state index in [0.29, 0.717) is 29.5 Å². The standard InChI is InChI=1S/C16H16N2O3/c19-14-8-4-5-11-12(14)6-3-7-13(11)17-15(20)16(21)18-9-1-2-10-18/h3-8,19H,1-2,9-10H2,(H,17,20). The van der Waals surface area contributed by atoms with Crippen molar-refractivity contribution in [3.8, 4) is 5.75 Å². The minimum Gasteiger partial charge on any atom is -0.507 e. The molecule has 5 nitrogen and oxygen atoms in total. The molecule has 2 amide bonds. The van der Waals surface area contributed by atoms with Crippen molar-refractivity contribution in [2.45, 2.75) is 12.8 Å². The summed E-state index contributed by atoms with van der Waals surface area (Å²) in [5.41, 5.74) is 0.529. The number of hydrogen-bond acceptors (Lipinski definition) is 3. The molecule has 0 radical (unpaired) electrons. The summed E-state index contributed by atoms with van der Waals surface area (Å²) in [6.45, 7) is 1.28. The van der Waals surface area contributed by atoms with E-state index >= 15 is 0 Å². The van der Waals surface area contributed by atoms with Gasteiger partial charge in [-0.3, -0.25) is 9.59 Å². The van der Waals surface area contributed by atoms with E-state index < -0.39 is 11.8 Å². The lowest BCUT2D eigenvalue weighted by Gasteiger charge is -2.15. The van der Waals surface area contributed by atoms with E-state index in [4.69, 9.17) is 0 Å². The summed E-state index contributed by atoms with van der Waals surface area (Å²) in [5, 5.41) is 13.8. The van der Waals surface area contributed by atoms with Gasteiger partial charge in [-0.1, -0.05) is 24.3 Å². The van der Waals surface area contributed by atoms with Crippen molar-refractivity contribution in [1.29, 1.82) is 0 Å². The Morgan fingerprint density at radius 2 is 1.67 bits per heavy atom. The number of anilines is 1. The molecule has 1 heterocycles. The molecule has 2 aromatic carbocycles. The normalized spacial score (nSPS) is 14.4. The average molecular weight is 284 g/mol. The van der Waals surface area contributed by atoms with Gasteiger partial charge >= 0.3 is 11.8 Å². The third kappa shape index (κ3) is 2.54. The van der Waals surface area contributed by atoms with Gasteiger partial charge in [0, 0.05) is 29.5 Å². The van der Waals surface area contributed by atoms with Gasteiger partial charge in [-0.15, -0.1) is 0 Å². The lowest BCUT2D eigenvalue weighted by Crippen LogP contribution is -2.37. The van der Waals surface area contributed by atoms with Gasteiger partial charge in [0.15, 0.2) is 0 Å². The average Bonchev–Trinajstić information content (AvgIpc) is 3.02. The second kappa shape index (κ2) is 5.44. The van der Waals surface area contributed by atoms with Gasteiger partial charge in [-0.2, -0.15) is 0 Å². The van der Waals surface area contributed by atoms with Crippen molar-refractivity contribution in [3.63, 3.8) is 0 Å². The fourth-order valence-corrected chi connectivity index (χ4v) is 2.64.